The van der Waals surface area contributed by atoms with Crippen molar-refractivity contribution in [2.75, 3.05) is 29.5 Å². The fourth-order valence-corrected chi connectivity index (χ4v) is 6.01. The minimum absolute atomic E-state index is 0.0385. The summed E-state index contributed by atoms with van der Waals surface area (Å²) in [5.74, 6) is 1.52. The van der Waals surface area contributed by atoms with Gasteiger partial charge in [-0.25, -0.2) is 18.4 Å². The van der Waals surface area contributed by atoms with Gasteiger partial charge in [-0.3, -0.25) is 4.79 Å². The lowest BCUT2D eigenvalue weighted by molar-refractivity contribution is 0.0601. The number of anilines is 1. The molecule has 27 heavy (non-hydrogen) atoms. The van der Waals surface area contributed by atoms with Crippen LogP contribution in [0.1, 0.15) is 62.3 Å². The Balaban J connectivity index is 1.88. The van der Waals surface area contributed by atoms with Crippen LogP contribution >= 0.6 is 0 Å². The molecule has 3 rings (SSSR count). The number of hydrogen-bond donors (Lipinski definition) is 0. The predicted molar refractivity (Wildman–Crippen MR) is 106 cm³/mol. The Bertz CT molecular complexity index is 796. The van der Waals surface area contributed by atoms with Crippen molar-refractivity contribution in [3.63, 3.8) is 0 Å². The number of amides is 1. The largest absolute Gasteiger partial charge is 0.353 e. The van der Waals surface area contributed by atoms with Gasteiger partial charge in [-0.15, -0.1) is 0 Å². The van der Waals surface area contributed by atoms with E-state index >= 15 is 0 Å². The van der Waals surface area contributed by atoms with E-state index in [0.29, 0.717) is 30.3 Å². The number of piperidine rings is 1. The maximum atomic E-state index is 13.1. The Kier molecular flexibility index (Phi) is 6.03. The Morgan fingerprint density at radius 3 is 2.67 bits per heavy atom. The van der Waals surface area contributed by atoms with Gasteiger partial charge in [-0.2, -0.15) is 0 Å². The van der Waals surface area contributed by atoms with Crippen LogP contribution in [0.25, 0.3) is 0 Å². The summed E-state index contributed by atoms with van der Waals surface area (Å²) in [6.45, 7) is 7.31. The summed E-state index contributed by atoms with van der Waals surface area (Å²) in [5.41, 5.74) is 0.414. The van der Waals surface area contributed by atoms with Crippen LogP contribution in [0.4, 0.5) is 5.82 Å². The van der Waals surface area contributed by atoms with Crippen LogP contribution in [0.3, 0.4) is 0 Å². The highest BCUT2D eigenvalue weighted by molar-refractivity contribution is 7.91. The SMILES string of the molecule is CCC1CCCCN1C(=O)c1cc(N(CC)C2CCS(=O)(=O)C2)nc(C)n1. The van der Waals surface area contributed by atoms with Gasteiger partial charge in [-0.1, -0.05) is 6.92 Å². The highest BCUT2D eigenvalue weighted by atomic mass is 32.2. The number of aryl methyl sites for hydroxylation is 1. The normalized spacial score (nSPS) is 24.8. The van der Waals surface area contributed by atoms with E-state index in [1.165, 1.54) is 0 Å². The molecule has 0 aromatic carbocycles. The maximum Gasteiger partial charge on any atom is 0.272 e. The lowest BCUT2D eigenvalue weighted by Gasteiger charge is -2.35. The Labute approximate surface area is 162 Å². The van der Waals surface area contributed by atoms with Crippen molar-refractivity contribution in [3.05, 3.63) is 17.6 Å². The van der Waals surface area contributed by atoms with Crippen LogP contribution in [-0.4, -0.2) is 65.9 Å². The van der Waals surface area contributed by atoms with E-state index in [4.69, 9.17) is 0 Å². The van der Waals surface area contributed by atoms with Gasteiger partial charge in [0, 0.05) is 31.2 Å². The fraction of sp³-hybridized carbons (Fsp3) is 0.737. The molecule has 3 heterocycles. The van der Waals surface area contributed by atoms with E-state index in [-0.39, 0.29) is 29.5 Å². The molecule has 2 atom stereocenters. The summed E-state index contributed by atoms with van der Waals surface area (Å²) in [6.07, 6.45) is 4.78. The summed E-state index contributed by atoms with van der Waals surface area (Å²) in [5, 5.41) is 0. The molecular formula is C19H30N4O3S. The van der Waals surface area contributed by atoms with Crippen LogP contribution in [0.5, 0.6) is 0 Å². The van der Waals surface area contributed by atoms with E-state index in [9.17, 15) is 13.2 Å². The predicted octanol–water partition coefficient (Wildman–Crippen LogP) is 2.20. The maximum absolute atomic E-state index is 13.1. The van der Waals surface area contributed by atoms with Crippen molar-refractivity contribution >= 4 is 21.6 Å². The highest BCUT2D eigenvalue weighted by Gasteiger charge is 2.33. The zero-order valence-electron chi connectivity index (χ0n) is 16.5. The molecule has 0 radical (unpaired) electrons. The van der Waals surface area contributed by atoms with E-state index < -0.39 is 9.84 Å². The molecular weight excluding hydrogens is 364 g/mol. The molecule has 2 aliphatic heterocycles. The monoisotopic (exact) mass is 394 g/mol. The molecule has 0 saturated carbocycles. The summed E-state index contributed by atoms with van der Waals surface area (Å²) in [4.78, 5) is 26.0. The number of sulfone groups is 1. The summed E-state index contributed by atoms with van der Waals surface area (Å²) in [7, 11) is -2.98. The van der Waals surface area contributed by atoms with E-state index in [1.54, 1.807) is 13.0 Å². The molecule has 7 nitrogen and oxygen atoms in total. The first-order valence-corrected chi connectivity index (χ1v) is 11.8. The summed E-state index contributed by atoms with van der Waals surface area (Å²) < 4.78 is 23.8. The molecule has 150 valence electrons. The first-order chi connectivity index (χ1) is 12.8. The first kappa shape index (κ1) is 20.0. The molecule has 2 fully saturated rings. The topological polar surface area (TPSA) is 83.5 Å². The Morgan fingerprint density at radius 1 is 1.26 bits per heavy atom. The molecule has 0 aliphatic carbocycles. The average molecular weight is 395 g/mol. The molecule has 8 heteroatoms. The smallest absolute Gasteiger partial charge is 0.272 e. The van der Waals surface area contributed by atoms with Gasteiger partial charge in [0.2, 0.25) is 0 Å². The van der Waals surface area contributed by atoms with Gasteiger partial charge in [0.15, 0.2) is 9.84 Å². The molecule has 1 aromatic heterocycles. The second kappa shape index (κ2) is 8.12. The van der Waals surface area contributed by atoms with Gasteiger partial charge in [0.05, 0.1) is 11.5 Å². The van der Waals surface area contributed by atoms with Crippen molar-refractivity contribution in [1.82, 2.24) is 14.9 Å². The molecule has 2 unspecified atom stereocenters. The number of aromatic nitrogens is 2. The number of likely N-dealkylation sites (tertiary alicyclic amines) is 1. The van der Waals surface area contributed by atoms with Crippen molar-refractivity contribution < 1.29 is 13.2 Å². The van der Waals surface area contributed by atoms with E-state index in [2.05, 4.69) is 16.9 Å². The van der Waals surface area contributed by atoms with Crippen molar-refractivity contribution in [2.45, 2.75) is 65.0 Å². The first-order valence-electron chi connectivity index (χ1n) is 9.98. The molecule has 0 spiro atoms. The number of carbonyl (C=O) groups excluding carboxylic acids is 1. The molecule has 0 N–H and O–H groups in total. The molecule has 1 amide bonds. The number of carbonyl (C=O) groups is 1. The van der Waals surface area contributed by atoms with Crippen molar-refractivity contribution in [1.29, 1.82) is 0 Å². The average Bonchev–Trinajstić information content (AvgIpc) is 3.00. The fourth-order valence-electron chi connectivity index (χ4n) is 4.28. The zero-order valence-corrected chi connectivity index (χ0v) is 17.3. The van der Waals surface area contributed by atoms with Gasteiger partial charge >= 0.3 is 0 Å². The van der Waals surface area contributed by atoms with E-state index in [1.807, 2.05) is 16.7 Å². The zero-order chi connectivity index (χ0) is 19.6. The molecule has 0 bridgehead atoms. The van der Waals surface area contributed by atoms with Crippen molar-refractivity contribution in [3.8, 4) is 0 Å². The highest BCUT2D eigenvalue weighted by Crippen LogP contribution is 2.25. The third kappa shape index (κ3) is 4.42. The van der Waals surface area contributed by atoms with Crippen LogP contribution in [-0.2, 0) is 9.84 Å². The molecule has 2 aliphatic rings. The summed E-state index contributed by atoms with van der Waals surface area (Å²) >= 11 is 0. The molecule has 1 aromatic rings. The lowest BCUT2D eigenvalue weighted by atomic mass is 9.99. The molecule has 2 saturated heterocycles. The lowest BCUT2D eigenvalue weighted by Crippen LogP contribution is -2.44. The van der Waals surface area contributed by atoms with Gasteiger partial charge in [0.1, 0.15) is 17.3 Å². The van der Waals surface area contributed by atoms with Crippen LogP contribution < -0.4 is 4.90 Å². The Morgan fingerprint density at radius 2 is 2.04 bits per heavy atom. The quantitative estimate of drug-likeness (QED) is 0.761. The second-order valence-electron chi connectivity index (χ2n) is 7.56. The number of hydrogen-bond acceptors (Lipinski definition) is 6. The third-order valence-corrected chi connectivity index (χ3v) is 7.44. The van der Waals surface area contributed by atoms with Crippen LogP contribution in [0.2, 0.25) is 0 Å². The minimum Gasteiger partial charge on any atom is -0.353 e. The van der Waals surface area contributed by atoms with Crippen LogP contribution in [0.15, 0.2) is 6.07 Å². The number of nitrogens with zero attached hydrogens (tertiary/aromatic N) is 4. The van der Waals surface area contributed by atoms with Gasteiger partial charge in [0.25, 0.3) is 5.91 Å². The van der Waals surface area contributed by atoms with Gasteiger partial charge in [-0.05, 0) is 46.0 Å². The second-order valence-corrected chi connectivity index (χ2v) is 9.79. The van der Waals surface area contributed by atoms with Crippen molar-refractivity contribution in [2.24, 2.45) is 0 Å². The third-order valence-electron chi connectivity index (χ3n) is 5.69. The van der Waals surface area contributed by atoms with Gasteiger partial charge < -0.3 is 9.80 Å². The standard InChI is InChI=1S/C19H30N4O3S/c1-4-15-8-6-7-10-23(15)19(24)17-12-18(21-14(3)20-17)22(5-2)16-9-11-27(25,26)13-16/h12,15-16H,4-11,13H2,1-3H3. The minimum atomic E-state index is -2.98. The Hall–Kier alpha value is -1.70. The van der Waals surface area contributed by atoms with E-state index in [0.717, 1.165) is 32.2 Å². The number of rotatable bonds is 5. The van der Waals surface area contributed by atoms with Crippen LogP contribution in [0, 0.1) is 6.92 Å². The summed E-state index contributed by atoms with van der Waals surface area (Å²) in [6, 6.07) is 1.92.